The van der Waals surface area contributed by atoms with E-state index in [0.717, 1.165) is 18.0 Å². The highest BCUT2D eigenvalue weighted by Gasteiger charge is 2.45. The summed E-state index contributed by atoms with van der Waals surface area (Å²) >= 11 is 1.58. The van der Waals surface area contributed by atoms with Gasteiger partial charge >= 0.3 is 5.97 Å². The molecule has 3 atom stereocenters. The van der Waals surface area contributed by atoms with Crippen molar-refractivity contribution in [2.75, 3.05) is 19.7 Å². The molecule has 0 bridgehead atoms. The largest absolute Gasteiger partial charge is 0.477 e. The van der Waals surface area contributed by atoms with Gasteiger partial charge in [-0.15, -0.1) is 11.8 Å². The molecule has 0 aliphatic carbocycles. The molecule has 0 unspecified atom stereocenters. The number of hydrogen-bond donors (Lipinski definition) is 5. The summed E-state index contributed by atoms with van der Waals surface area (Å²) in [5.41, 5.74) is -0.417. The quantitative estimate of drug-likeness (QED) is 0.460. The van der Waals surface area contributed by atoms with Crippen molar-refractivity contribution in [3.05, 3.63) is 10.6 Å². The Balaban J connectivity index is 2.16. The van der Waals surface area contributed by atoms with Crippen molar-refractivity contribution in [3.8, 4) is 0 Å². The van der Waals surface area contributed by atoms with Gasteiger partial charge in [0.2, 0.25) is 0 Å². The van der Waals surface area contributed by atoms with Crippen LogP contribution < -0.4 is 10.6 Å². The average Bonchev–Trinajstić information content (AvgIpc) is 2.62. The molecule has 1 saturated heterocycles. The number of aliphatic carboxylic acids is 1. The average molecular weight is 302 g/mol. The van der Waals surface area contributed by atoms with Crippen LogP contribution in [0.2, 0.25) is 0 Å². The van der Waals surface area contributed by atoms with Crippen LogP contribution in [-0.4, -0.2) is 57.9 Å². The van der Waals surface area contributed by atoms with Crippen LogP contribution in [0.25, 0.3) is 0 Å². The highest BCUT2D eigenvalue weighted by molar-refractivity contribution is 8.03. The summed E-state index contributed by atoms with van der Waals surface area (Å²) in [5, 5.41) is 35.2. The molecule has 2 heterocycles. The predicted octanol–water partition coefficient (Wildman–Crippen LogP) is -0.271. The number of carbonyl (C=O) groups is 1. The Kier molecular flexibility index (Phi) is 4.63. The molecule has 5 N–H and O–H groups in total. The van der Waals surface area contributed by atoms with Crippen molar-refractivity contribution < 1.29 is 20.1 Å². The van der Waals surface area contributed by atoms with E-state index in [0.29, 0.717) is 11.7 Å². The van der Waals surface area contributed by atoms with E-state index in [1.807, 2.05) is 6.92 Å². The molecule has 0 radical (unpaired) electrons. The van der Waals surface area contributed by atoms with Gasteiger partial charge in [0, 0.05) is 41.1 Å². The first-order chi connectivity index (χ1) is 9.37. The third kappa shape index (κ3) is 2.95. The maximum absolute atomic E-state index is 11.4. The van der Waals surface area contributed by atoms with Gasteiger partial charge in [-0.05, 0) is 13.8 Å². The highest BCUT2D eigenvalue weighted by Crippen LogP contribution is 2.42. The predicted molar refractivity (Wildman–Crippen MR) is 77.3 cm³/mol. The van der Waals surface area contributed by atoms with Crippen molar-refractivity contribution in [2.45, 2.75) is 37.2 Å². The zero-order valence-electron chi connectivity index (χ0n) is 11.7. The van der Waals surface area contributed by atoms with Crippen LogP contribution in [-0.2, 0) is 4.79 Å². The molecule has 0 aromatic carbocycles. The second-order valence-corrected chi connectivity index (χ2v) is 7.15. The van der Waals surface area contributed by atoms with Crippen molar-refractivity contribution in [2.24, 2.45) is 5.92 Å². The SMILES string of the molecule is C[C@@H](O)[C@@H](CO)[C@@]1(C)CC(SC2CNC2)=C(C(=O)O)N1. The molecule has 0 aromatic rings. The van der Waals surface area contributed by atoms with Crippen LogP contribution in [0.3, 0.4) is 0 Å². The summed E-state index contributed by atoms with van der Waals surface area (Å²) in [6.45, 7) is 5.07. The standard InChI is InChI=1S/C13H22N2O4S/c1-7(17)9(6-16)13(2)3-10(11(15-13)12(18)19)20-8-4-14-5-8/h7-9,14-17H,3-6H2,1-2H3,(H,18,19)/t7-,9-,13-/m1/s1. The van der Waals surface area contributed by atoms with Gasteiger partial charge in [0.1, 0.15) is 5.70 Å². The second-order valence-electron chi connectivity index (χ2n) is 5.75. The van der Waals surface area contributed by atoms with Gasteiger partial charge in [0.25, 0.3) is 0 Å². The Morgan fingerprint density at radius 3 is 2.60 bits per heavy atom. The number of thioether (sulfide) groups is 1. The molecule has 1 fully saturated rings. The van der Waals surface area contributed by atoms with Gasteiger partial charge in [0.15, 0.2) is 0 Å². The minimum atomic E-state index is -0.981. The van der Waals surface area contributed by atoms with Gasteiger partial charge in [-0.25, -0.2) is 4.79 Å². The Morgan fingerprint density at radius 2 is 2.20 bits per heavy atom. The number of aliphatic hydroxyl groups is 2. The minimum Gasteiger partial charge on any atom is -0.477 e. The van der Waals surface area contributed by atoms with E-state index in [-0.39, 0.29) is 12.3 Å². The fourth-order valence-corrected chi connectivity index (χ4v) is 4.20. The number of aliphatic hydroxyl groups excluding tert-OH is 2. The first-order valence-electron chi connectivity index (χ1n) is 6.78. The number of rotatable bonds is 6. The zero-order chi connectivity index (χ0) is 14.9. The van der Waals surface area contributed by atoms with Gasteiger partial charge in [0.05, 0.1) is 12.7 Å². The van der Waals surface area contributed by atoms with Crippen LogP contribution in [0.5, 0.6) is 0 Å². The van der Waals surface area contributed by atoms with Gasteiger partial charge < -0.3 is 26.0 Å². The molecule has 114 valence electrons. The number of nitrogens with one attached hydrogen (secondary N) is 2. The monoisotopic (exact) mass is 302 g/mol. The second kappa shape index (κ2) is 5.93. The van der Waals surface area contributed by atoms with E-state index < -0.39 is 23.5 Å². The van der Waals surface area contributed by atoms with E-state index >= 15 is 0 Å². The van der Waals surface area contributed by atoms with E-state index in [9.17, 15) is 20.1 Å². The third-order valence-corrected chi connectivity index (χ3v) is 5.38. The van der Waals surface area contributed by atoms with Gasteiger partial charge in [-0.3, -0.25) is 0 Å². The summed E-state index contributed by atoms with van der Waals surface area (Å²) in [6.07, 6.45) is -0.186. The van der Waals surface area contributed by atoms with Gasteiger partial charge in [-0.1, -0.05) is 0 Å². The third-order valence-electron chi connectivity index (χ3n) is 4.08. The lowest BCUT2D eigenvalue weighted by Crippen LogP contribution is -2.51. The molecule has 2 rings (SSSR count). The topological polar surface area (TPSA) is 102 Å². The Labute approximate surface area is 122 Å². The molecule has 2 aliphatic rings. The van der Waals surface area contributed by atoms with E-state index in [1.54, 1.807) is 18.7 Å². The lowest BCUT2D eigenvalue weighted by molar-refractivity contribution is -0.133. The lowest BCUT2D eigenvalue weighted by atomic mass is 9.81. The summed E-state index contributed by atoms with van der Waals surface area (Å²) in [4.78, 5) is 12.2. The van der Waals surface area contributed by atoms with E-state index in [1.165, 1.54) is 0 Å². The molecule has 0 amide bonds. The summed E-state index contributed by atoms with van der Waals surface area (Å²) in [7, 11) is 0. The molecule has 7 heteroatoms. The first-order valence-corrected chi connectivity index (χ1v) is 7.66. The Morgan fingerprint density at radius 1 is 1.55 bits per heavy atom. The fraction of sp³-hybridized carbons (Fsp3) is 0.769. The number of carboxylic acids is 1. The summed E-state index contributed by atoms with van der Waals surface area (Å²) in [5.74, 6) is -1.39. The van der Waals surface area contributed by atoms with Gasteiger partial charge in [-0.2, -0.15) is 0 Å². The van der Waals surface area contributed by atoms with Crippen molar-refractivity contribution >= 4 is 17.7 Å². The highest BCUT2D eigenvalue weighted by atomic mass is 32.2. The molecule has 2 aliphatic heterocycles. The fourth-order valence-electron chi connectivity index (χ4n) is 2.75. The number of hydrogen-bond acceptors (Lipinski definition) is 6. The summed E-state index contributed by atoms with van der Waals surface area (Å²) in [6, 6.07) is 0. The minimum absolute atomic E-state index is 0.184. The van der Waals surface area contributed by atoms with Crippen molar-refractivity contribution in [1.82, 2.24) is 10.6 Å². The Bertz CT molecular complexity index is 423. The van der Waals surface area contributed by atoms with Crippen LogP contribution in [0, 0.1) is 5.92 Å². The maximum atomic E-state index is 11.4. The molecule has 6 nitrogen and oxygen atoms in total. The zero-order valence-corrected chi connectivity index (χ0v) is 12.5. The maximum Gasteiger partial charge on any atom is 0.352 e. The van der Waals surface area contributed by atoms with E-state index in [4.69, 9.17) is 0 Å². The normalized spacial score (nSPS) is 29.8. The smallest absolute Gasteiger partial charge is 0.352 e. The van der Waals surface area contributed by atoms with E-state index in [2.05, 4.69) is 10.6 Å². The molecule has 20 heavy (non-hydrogen) atoms. The van der Waals surface area contributed by atoms with Crippen molar-refractivity contribution in [3.63, 3.8) is 0 Å². The summed E-state index contributed by atoms with van der Waals surface area (Å²) < 4.78 is 0. The first kappa shape index (κ1) is 15.6. The van der Waals surface area contributed by atoms with Crippen molar-refractivity contribution in [1.29, 1.82) is 0 Å². The molecular weight excluding hydrogens is 280 g/mol. The Hall–Kier alpha value is -0.760. The number of carboxylic acid groups (broad SMARTS) is 1. The van der Waals surface area contributed by atoms with Crippen LogP contribution in [0.15, 0.2) is 10.6 Å². The molecule has 0 spiro atoms. The molecule has 0 saturated carbocycles. The van der Waals surface area contributed by atoms with Crippen LogP contribution in [0.1, 0.15) is 20.3 Å². The van der Waals surface area contributed by atoms with Crippen LogP contribution >= 0.6 is 11.8 Å². The lowest BCUT2D eigenvalue weighted by Gasteiger charge is -2.36. The molecule has 0 aromatic heterocycles. The molecular formula is C13H22N2O4S. The van der Waals surface area contributed by atoms with Crippen LogP contribution in [0.4, 0.5) is 0 Å².